The highest BCUT2D eigenvalue weighted by molar-refractivity contribution is 7.19. The van der Waals surface area contributed by atoms with E-state index in [-0.39, 0.29) is 30.0 Å². The molecule has 35 heavy (non-hydrogen) atoms. The smallest absolute Gasteiger partial charge is 0.223 e. The molecule has 0 saturated carbocycles. The number of ether oxygens (including phenoxy) is 1. The highest BCUT2D eigenvalue weighted by atomic mass is 35.5. The number of morpholine rings is 1. The Morgan fingerprint density at radius 1 is 1.29 bits per heavy atom. The van der Waals surface area contributed by atoms with Crippen molar-refractivity contribution in [3.63, 3.8) is 0 Å². The Bertz CT molecular complexity index is 1300. The number of likely N-dealkylation sites (tertiary alicyclic amines) is 1. The predicted molar refractivity (Wildman–Crippen MR) is 138 cm³/mol. The molecule has 4 heterocycles. The lowest BCUT2D eigenvalue weighted by molar-refractivity contribution is -0.128. The molecule has 2 aromatic heterocycles. The molecule has 2 aliphatic heterocycles. The minimum absolute atomic E-state index is 0.00112. The molecule has 2 atom stereocenters. The van der Waals surface area contributed by atoms with E-state index in [4.69, 9.17) is 27.9 Å². The van der Waals surface area contributed by atoms with Gasteiger partial charge in [-0.1, -0.05) is 23.2 Å². The summed E-state index contributed by atoms with van der Waals surface area (Å²) in [7, 11) is 0. The van der Waals surface area contributed by atoms with Crippen LogP contribution in [0.4, 0.5) is 0 Å². The van der Waals surface area contributed by atoms with E-state index < -0.39 is 0 Å². The van der Waals surface area contributed by atoms with E-state index in [1.807, 2.05) is 12.1 Å². The molecule has 10 heteroatoms. The van der Waals surface area contributed by atoms with Crippen LogP contribution in [0.3, 0.4) is 0 Å². The summed E-state index contributed by atoms with van der Waals surface area (Å²) in [5.41, 5.74) is 3.08. The third-order valence-corrected chi connectivity index (χ3v) is 8.07. The molecule has 0 aliphatic carbocycles. The zero-order valence-electron chi connectivity index (χ0n) is 19.5. The first kappa shape index (κ1) is 24.6. The average molecular weight is 533 g/mol. The number of benzene rings is 1. The van der Waals surface area contributed by atoms with Gasteiger partial charge in [0.15, 0.2) is 0 Å². The van der Waals surface area contributed by atoms with Gasteiger partial charge in [0.1, 0.15) is 12.6 Å². The number of carbonyl (C=O) groups is 2. The molecule has 0 bridgehead atoms. The SMILES string of the molecule is CC1(C)CNCC(Cc2c(Cl)cc(Cl)cc2-c2ncnc3cc(CN4CC(C=O)CC4=O)sc23)O1. The van der Waals surface area contributed by atoms with Gasteiger partial charge in [0.2, 0.25) is 5.91 Å². The maximum Gasteiger partial charge on any atom is 0.223 e. The summed E-state index contributed by atoms with van der Waals surface area (Å²) in [6.45, 7) is 6.57. The van der Waals surface area contributed by atoms with Gasteiger partial charge in [-0.3, -0.25) is 4.79 Å². The van der Waals surface area contributed by atoms with Gasteiger partial charge in [-0.2, -0.15) is 0 Å². The van der Waals surface area contributed by atoms with Crippen molar-refractivity contribution >= 4 is 56.9 Å². The first-order valence-corrected chi connectivity index (χ1v) is 13.1. The maximum absolute atomic E-state index is 12.3. The summed E-state index contributed by atoms with van der Waals surface area (Å²) >= 11 is 14.7. The standard InChI is InChI=1S/C25H26Cl2N4O3S/c1-25(2)12-28-8-16(34-25)6-18-19(4-15(26)5-20(18)27)23-24-21(29-13-30-23)7-17(35-24)10-31-9-14(11-32)3-22(31)33/h4-5,7,11,13-14,16,28H,3,6,8-10,12H2,1-2H3. The summed E-state index contributed by atoms with van der Waals surface area (Å²) < 4.78 is 7.21. The normalized spacial score (nSPS) is 22.2. The molecule has 7 nitrogen and oxygen atoms in total. The number of aldehydes is 1. The number of hydrogen-bond donors (Lipinski definition) is 1. The molecule has 5 rings (SSSR count). The molecule has 3 aromatic rings. The fourth-order valence-corrected chi connectivity index (χ4v) is 6.54. The number of amides is 1. The van der Waals surface area contributed by atoms with E-state index in [0.717, 1.165) is 51.3 Å². The molecule has 0 spiro atoms. The molecule has 1 amide bonds. The molecule has 2 fully saturated rings. The number of aromatic nitrogens is 2. The molecule has 2 saturated heterocycles. The van der Waals surface area contributed by atoms with E-state index >= 15 is 0 Å². The molecule has 0 radical (unpaired) electrons. The Kier molecular flexibility index (Phi) is 6.85. The Labute approximate surface area is 217 Å². The van der Waals surface area contributed by atoms with Crippen LogP contribution in [-0.4, -0.2) is 58.4 Å². The molecular weight excluding hydrogens is 507 g/mol. The minimum atomic E-state index is -0.261. The van der Waals surface area contributed by atoms with E-state index in [2.05, 4.69) is 29.1 Å². The van der Waals surface area contributed by atoms with Crippen LogP contribution in [0.5, 0.6) is 0 Å². The lowest BCUT2D eigenvalue weighted by Gasteiger charge is -2.37. The van der Waals surface area contributed by atoms with Crippen molar-refractivity contribution in [3.05, 3.63) is 45.0 Å². The van der Waals surface area contributed by atoms with Gasteiger partial charge in [-0.25, -0.2) is 9.97 Å². The van der Waals surface area contributed by atoms with Gasteiger partial charge in [0.25, 0.3) is 0 Å². The number of fused-ring (bicyclic) bond motifs is 1. The average Bonchev–Trinajstić information content (AvgIpc) is 3.37. The molecule has 1 N–H and O–H groups in total. The Balaban J connectivity index is 1.50. The van der Waals surface area contributed by atoms with Gasteiger partial charge in [0, 0.05) is 58.9 Å². The fourth-order valence-electron chi connectivity index (χ4n) is 4.84. The fraction of sp³-hybridized carbons (Fsp3) is 0.440. The van der Waals surface area contributed by atoms with Gasteiger partial charge in [-0.15, -0.1) is 11.3 Å². The Morgan fingerprint density at radius 3 is 2.86 bits per heavy atom. The third kappa shape index (κ3) is 5.22. The summed E-state index contributed by atoms with van der Waals surface area (Å²) in [5.74, 6) is -0.233. The van der Waals surface area contributed by atoms with Crippen LogP contribution >= 0.6 is 34.5 Å². The molecule has 2 aliphatic rings. The molecule has 1 aromatic carbocycles. The van der Waals surface area contributed by atoms with Crippen molar-refractivity contribution in [2.24, 2.45) is 5.92 Å². The van der Waals surface area contributed by atoms with Crippen LogP contribution in [0.25, 0.3) is 21.5 Å². The van der Waals surface area contributed by atoms with E-state index in [0.29, 0.717) is 29.6 Å². The summed E-state index contributed by atoms with van der Waals surface area (Å²) in [6.07, 6.45) is 3.25. The van der Waals surface area contributed by atoms with E-state index in [9.17, 15) is 9.59 Å². The number of carbonyl (C=O) groups excluding carboxylic acids is 2. The third-order valence-electron chi connectivity index (χ3n) is 6.40. The van der Waals surface area contributed by atoms with Crippen molar-refractivity contribution in [1.82, 2.24) is 20.2 Å². The van der Waals surface area contributed by atoms with Crippen LogP contribution in [0.15, 0.2) is 24.5 Å². The second kappa shape index (κ2) is 9.75. The second-order valence-corrected chi connectivity index (χ2v) is 11.8. The van der Waals surface area contributed by atoms with Crippen LogP contribution < -0.4 is 5.32 Å². The van der Waals surface area contributed by atoms with Crippen molar-refractivity contribution in [3.8, 4) is 11.3 Å². The van der Waals surface area contributed by atoms with Gasteiger partial charge >= 0.3 is 0 Å². The Hall–Kier alpha value is -2.10. The van der Waals surface area contributed by atoms with Gasteiger partial charge in [-0.05, 0) is 37.6 Å². The number of rotatable bonds is 6. The van der Waals surface area contributed by atoms with Crippen LogP contribution in [-0.2, 0) is 27.3 Å². The number of nitrogens with one attached hydrogen (secondary N) is 1. The summed E-state index contributed by atoms with van der Waals surface area (Å²) in [5, 5.41) is 4.55. The number of halogens is 2. The van der Waals surface area contributed by atoms with Crippen molar-refractivity contribution in [1.29, 1.82) is 0 Å². The number of thiophene rings is 1. The van der Waals surface area contributed by atoms with Gasteiger partial charge in [0.05, 0.1) is 34.2 Å². The first-order valence-electron chi connectivity index (χ1n) is 11.6. The summed E-state index contributed by atoms with van der Waals surface area (Å²) in [4.78, 5) is 35.2. The topological polar surface area (TPSA) is 84.4 Å². The minimum Gasteiger partial charge on any atom is -0.369 e. The predicted octanol–water partition coefficient (Wildman–Crippen LogP) is 4.52. The largest absolute Gasteiger partial charge is 0.369 e. The highest BCUT2D eigenvalue weighted by Gasteiger charge is 2.31. The summed E-state index contributed by atoms with van der Waals surface area (Å²) in [6, 6.07) is 5.63. The quantitative estimate of drug-likeness (QED) is 0.469. The molecule has 2 unspecified atom stereocenters. The van der Waals surface area contributed by atoms with Crippen molar-refractivity contribution in [2.75, 3.05) is 19.6 Å². The van der Waals surface area contributed by atoms with Crippen LogP contribution in [0.1, 0.15) is 30.7 Å². The number of hydrogen-bond acceptors (Lipinski definition) is 7. The van der Waals surface area contributed by atoms with Crippen LogP contribution in [0.2, 0.25) is 10.0 Å². The second-order valence-electron chi connectivity index (χ2n) is 9.77. The lowest BCUT2D eigenvalue weighted by atomic mass is 9.96. The van der Waals surface area contributed by atoms with Crippen molar-refractivity contribution < 1.29 is 14.3 Å². The van der Waals surface area contributed by atoms with Crippen LogP contribution in [0, 0.1) is 5.92 Å². The highest BCUT2D eigenvalue weighted by Crippen LogP contribution is 2.39. The molecular formula is C25H26Cl2N4O3S. The van der Waals surface area contributed by atoms with E-state index in [1.165, 1.54) is 6.33 Å². The maximum atomic E-state index is 12.3. The molecule has 184 valence electrons. The zero-order valence-corrected chi connectivity index (χ0v) is 21.8. The Morgan fingerprint density at radius 2 is 2.11 bits per heavy atom. The number of nitrogens with zero attached hydrogens (tertiary/aromatic N) is 3. The van der Waals surface area contributed by atoms with E-state index in [1.54, 1.807) is 22.3 Å². The monoisotopic (exact) mass is 532 g/mol. The first-order chi connectivity index (χ1) is 16.7. The zero-order chi connectivity index (χ0) is 24.7. The van der Waals surface area contributed by atoms with Crippen molar-refractivity contribution in [2.45, 2.75) is 44.9 Å². The van der Waals surface area contributed by atoms with Gasteiger partial charge < -0.3 is 19.7 Å². The lowest BCUT2D eigenvalue weighted by Crippen LogP contribution is -2.51.